The number of aromatic hydroxyl groups is 1. The molecule has 0 radical (unpaired) electrons. The van der Waals surface area contributed by atoms with Crippen LogP contribution in [0.5, 0.6) is 5.75 Å². The number of nitrogens with two attached hydrogens (primary N) is 1. The number of imidazole rings is 1. The van der Waals surface area contributed by atoms with E-state index in [0.717, 1.165) is 13.0 Å². The van der Waals surface area contributed by atoms with Crippen LogP contribution in [0.15, 0.2) is 43.0 Å². The molecule has 2 rings (SSSR count). The Hall–Kier alpha value is -2.76. The summed E-state index contributed by atoms with van der Waals surface area (Å²) in [7, 11) is 0. The molecule has 0 aliphatic carbocycles. The number of nitrogen functional groups attached to an aromatic ring is 1. The third-order valence-electron chi connectivity index (χ3n) is 2.92. The normalized spacial score (nSPS) is 10.9. The number of hydrogen-bond donors (Lipinski definition) is 3. The molecule has 0 saturated heterocycles. The molecule has 6 heteroatoms. The van der Waals surface area contributed by atoms with Gasteiger partial charge in [-0.15, -0.1) is 0 Å². The molecule has 1 aromatic heterocycles. The molecular formula is C15H18N4O2. The van der Waals surface area contributed by atoms with Crippen molar-refractivity contribution in [2.75, 3.05) is 12.3 Å². The zero-order chi connectivity index (χ0) is 15.1. The van der Waals surface area contributed by atoms with Crippen molar-refractivity contribution in [1.29, 1.82) is 0 Å². The first-order chi connectivity index (χ1) is 10.1. The average molecular weight is 286 g/mol. The SMILES string of the molecule is Nc1ccc(O)c(C=CC(=O)NCCCn2ccnc2)c1. The summed E-state index contributed by atoms with van der Waals surface area (Å²) in [6, 6.07) is 4.71. The molecule has 110 valence electrons. The first kappa shape index (κ1) is 14.6. The summed E-state index contributed by atoms with van der Waals surface area (Å²) in [5.41, 5.74) is 6.68. The third-order valence-corrected chi connectivity index (χ3v) is 2.92. The Labute approximate surface area is 122 Å². The highest BCUT2D eigenvalue weighted by atomic mass is 16.3. The number of anilines is 1. The number of aromatic nitrogens is 2. The van der Waals surface area contributed by atoms with Crippen molar-refractivity contribution in [3.05, 3.63) is 48.6 Å². The molecule has 0 unspecified atom stereocenters. The van der Waals surface area contributed by atoms with E-state index in [1.165, 1.54) is 18.2 Å². The number of nitrogens with one attached hydrogen (secondary N) is 1. The van der Waals surface area contributed by atoms with E-state index in [4.69, 9.17) is 5.73 Å². The van der Waals surface area contributed by atoms with Gasteiger partial charge in [0.1, 0.15) is 5.75 Å². The fourth-order valence-corrected chi connectivity index (χ4v) is 1.82. The molecule has 21 heavy (non-hydrogen) atoms. The average Bonchev–Trinajstić information content (AvgIpc) is 2.98. The Balaban J connectivity index is 1.76. The third kappa shape index (κ3) is 4.68. The van der Waals surface area contributed by atoms with E-state index < -0.39 is 0 Å². The lowest BCUT2D eigenvalue weighted by Crippen LogP contribution is -2.22. The summed E-state index contributed by atoms with van der Waals surface area (Å²) in [5.74, 6) is -0.115. The number of amides is 1. The molecule has 1 heterocycles. The number of hydrogen-bond acceptors (Lipinski definition) is 4. The highest BCUT2D eigenvalue weighted by Crippen LogP contribution is 2.20. The molecule has 0 aliphatic rings. The second-order valence-electron chi connectivity index (χ2n) is 4.60. The van der Waals surface area contributed by atoms with Gasteiger partial charge >= 0.3 is 0 Å². The van der Waals surface area contributed by atoms with E-state index in [2.05, 4.69) is 10.3 Å². The van der Waals surface area contributed by atoms with Gasteiger partial charge in [0.25, 0.3) is 0 Å². The summed E-state index contributed by atoms with van der Waals surface area (Å²) in [4.78, 5) is 15.6. The van der Waals surface area contributed by atoms with Gasteiger partial charge in [0.2, 0.25) is 5.91 Å². The molecule has 6 nitrogen and oxygen atoms in total. The van der Waals surface area contributed by atoms with Crippen LogP contribution in [0.4, 0.5) is 5.69 Å². The lowest BCUT2D eigenvalue weighted by atomic mass is 10.1. The number of rotatable bonds is 6. The first-order valence-corrected chi connectivity index (χ1v) is 6.65. The highest BCUT2D eigenvalue weighted by Gasteiger charge is 1.99. The number of phenolic OH excluding ortho intramolecular Hbond substituents is 1. The van der Waals surface area contributed by atoms with E-state index in [0.29, 0.717) is 17.8 Å². The number of benzene rings is 1. The highest BCUT2D eigenvalue weighted by molar-refractivity contribution is 5.92. The summed E-state index contributed by atoms with van der Waals surface area (Å²) in [5, 5.41) is 12.4. The summed E-state index contributed by atoms with van der Waals surface area (Å²) in [6.45, 7) is 1.38. The van der Waals surface area contributed by atoms with Crippen LogP contribution in [-0.4, -0.2) is 27.1 Å². The van der Waals surface area contributed by atoms with Crippen LogP contribution in [0.1, 0.15) is 12.0 Å². The number of carbonyl (C=O) groups is 1. The van der Waals surface area contributed by atoms with Gasteiger partial charge in [-0.1, -0.05) is 0 Å². The van der Waals surface area contributed by atoms with Crippen LogP contribution in [0, 0.1) is 0 Å². The molecule has 0 atom stereocenters. The molecule has 2 aromatic rings. The monoisotopic (exact) mass is 286 g/mol. The number of nitrogens with zero attached hydrogens (tertiary/aromatic N) is 2. The van der Waals surface area contributed by atoms with Crippen molar-refractivity contribution in [1.82, 2.24) is 14.9 Å². The van der Waals surface area contributed by atoms with Gasteiger partial charge in [0.15, 0.2) is 0 Å². The van der Waals surface area contributed by atoms with Crippen LogP contribution in [0.3, 0.4) is 0 Å². The standard InChI is InChI=1S/C15H18N4O2/c16-13-3-4-14(20)12(10-13)2-5-15(21)18-6-1-8-19-9-7-17-11-19/h2-5,7,9-11,20H,1,6,8,16H2,(H,18,21). The Kier molecular flexibility index (Phi) is 4.98. The van der Waals surface area contributed by atoms with Gasteiger partial charge in [0.05, 0.1) is 6.33 Å². The van der Waals surface area contributed by atoms with E-state index in [9.17, 15) is 9.90 Å². The fourth-order valence-electron chi connectivity index (χ4n) is 1.82. The predicted molar refractivity (Wildman–Crippen MR) is 81.4 cm³/mol. The largest absolute Gasteiger partial charge is 0.507 e. The summed E-state index contributed by atoms with van der Waals surface area (Å²) in [6.07, 6.45) is 9.08. The van der Waals surface area contributed by atoms with Gasteiger partial charge in [-0.2, -0.15) is 0 Å². The Bertz CT molecular complexity index is 621. The van der Waals surface area contributed by atoms with Crippen molar-refractivity contribution in [3.8, 4) is 5.75 Å². The smallest absolute Gasteiger partial charge is 0.244 e. The molecule has 4 N–H and O–H groups in total. The molecule has 0 bridgehead atoms. The zero-order valence-corrected chi connectivity index (χ0v) is 11.6. The van der Waals surface area contributed by atoms with E-state index in [1.807, 2.05) is 10.8 Å². The van der Waals surface area contributed by atoms with E-state index in [-0.39, 0.29) is 11.7 Å². The topological polar surface area (TPSA) is 93.2 Å². The van der Waals surface area contributed by atoms with E-state index in [1.54, 1.807) is 24.7 Å². The second-order valence-corrected chi connectivity index (χ2v) is 4.60. The van der Waals surface area contributed by atoms with Crippen molar-refractivity contribution in [2.45, 2.75) is 13.0 Å². The quantitative estimate of drug-likeness (QED) is 0.324. The molecule has 1 aromatic carbocycles. The van der Waals surface area contributed by atoms with Crippen molar-refractivity contribution >= 4 is 17.7 Å². The zero-order valence-electron chi connectivity index (χ0n) is 11.6. The van der Waals surface area contributed by atoms with Gasteiger partial charge in [0, 0.05) is 42.8 Å². The first-order valence-electron chi connectivity index (χ1n) is 6.65. The van der Waals surface area contributed by atoms with Crippen LogP contribution < -0.4 is 11.1 Å². The Morgan fingerprint density at radius 2 is 2.33 bits per heavy atom. The maximum Gasteiger partial charge on any atom is 0.244 e. The lowest BCUT2D eigenvalue weighted by Gasteiger charge is -2.03. The number of aryl methyl sites for hydroxylation is 1. The lowest BCUT2D eigenvalue weighted by molar-refractivity contribution is -0.116. The minimum atomic E-state index is -0.206. The Morgan fingerprint density at radius 3 is 3.10 bits per heavy atom. The van der Waals surface area contributed by atoms with Crippen LogP contribution in [0.2, 0.25) is 0 Å². The van der Waals surface area contributed by atoms with Crippen molar-refractivity contribution < 1.29 is 9.90 Å². The van der Waals surface area contributed by atoms with Crippen molar-refractivity contribution in [3.63, 3.8) is 0 Å². The number of phenols is 1. The fraction of sp³-hybridized carbons (Fsp3) is 0.200. The molecule has 0 fully saturated rings. The molecule has 0 spiro atoms. The Morgan fingerprint density at radius 1 is 1.48 bits per heavy atom. The molecule has 1 amide bonds. The van der Waals surface area contributed by atoms with Gasteiger partial charge < -0.3 is 20.7 Å². The second kappa shape index (κ2) is 7.14. The van der Waals surface area contributed by atoms with Crippen LogP contribution in [-0.2, 0) is 11.3 Å². The van der Waals surface area contributed by atoms with Crippen molar-refractivity contribution in [2.24, 2.45) is 0 Å². The molecule has 0 saturated carbocycles. The maximum absolute atomic E-state index is 11.6. The minimum Gasteiger partial charge on any atom is -0.507 e. The minimum absolute atomic E-state index is 0.0911. The summed E-state index contributed by atoms with van der Waals surface area (Å²) >= 11 is 0. The number of carbonyl (C=O) groups excluding carboxylic acids is 1. The predicted octanol–water partition coefficient (Wildman–Crippen LogP) is 1.39. The van der Waals surface area contributed by atoms with E-state index >= 15 is 0 Å². The van der Waals surface area contributed by atoms with Crippen LogP contribution in [0.25, 0.3) is 6.08 Å². The maximum atomic E-state index is 11.6. The van der Waals surface area contributed by atoms with Gasteiger partial charge in [-0.05, 0) is 30.7 Å². The van der Waals surface area contributed by atoms with Gasteiger partial charge in [-0.3, -0.25) is 4.79 Å². The molecular weight excluding hydrogens is 268 g/mol. The summed E-state index contributed by atoms with van der Waals surface area (Å²) < 4.78 is 1.95. The van der Waals surface area contributed by atoms with Gasteiger partial charge in [-0.25, -0.2) is 4.98 Å². The molecule has 0 aliphatic heterocycles. The van der Waals surface area contributed by atoms with Crippen LogP contribution >= 0.6 is 0 Å².